The zero-order valence-corrected chi connectivity index (χ0v) is 10.8. The first-order chi connectivity index (χ1) is 7.95. The molecule has 0 amide bonds. The molecular weight excluding hydrogens is 216 g/mol. The third-order valence-electron chi connectivity index (χ3n) is 3.36. The maximum Gasteiger partial charge on any atom is 0.0937 e. The Morgan fingerprint density at radius 3 is 2.62 bits per heavy atom. The van der Waals surface area contributed by atoms with Gasteiger partial charge in [-0.25, -0.2) is 4.98 Å². The third-order valence-corrected chi connectivity index (χ3v) is 4.20. The Kier molecular flexibility index (Phi) is 5.29. The predicted molar refractivity (Wildman–Crippen MR) is 69.9 cm³/mol. The van der Waals surface area contributed by atoms with Gasteiger partial charge in [0.1, 0.15) is 0 Å². The molecule has 0 aliphatic heterocycles. The van der Waals surface area contributed by atoms with E-state index >= 15 is 0 Å². The van der Waals surface area contributed by atoms with Crippen LogP contribution in [0.25, 0.3) is 0 Å². The Hall–Kier alpha value is -0.410. The Morgan fingerprint density at radius 1 is 1.19 bits per heavy atom. The Balaban J connectivity index is 1.64. The van der Waals surface area contributed by atoms with Gasteiger partial charge in [0.15, 0.2) is 0 Å². The minimum Gasteiger partial charge on any atom is -0.314 e. The summed E-state index contributed by atoms with van der Waals surface area (Å²) in [6, 6.07) is 0.764. The highest BCUT2D eigenvalue weighted by Gasteiger charge is 2.10. The van der Waals surface area contributed by atoms with Gasteiger partial charge < -0.3 is 5.32 Å². The number of hydrogen-bond acceptors (Lipinski definition) is 3. The van der Waals surface area contributed by atoms with Crippen LogP contribution < -0.4 is 5.32 Å². The molecule has 1 N–H and O–H groups in total. The molecular formula is C13H22N2S. The SMILES string of the molecule is c1csc(CCNC2CCCCCCC2)n1. The molecule has 1 aromatic rings. The highest BCUT2D eigenvalue weighted by Crippen LogP contribution is 2.17. The maximum absolute atomic E-state index is 4.31. The van der Waals surface area contributed by atoms with Gasteiger partial charge in [0, 0.05) is 30.6 Å². The summed E-state index contributed by atoms with van der Waals surface area (Å²) in [5, 5.41) is 7.02. The van der Waals surface area contributed by atoms with E-state index < -0.39 is 0 Å². The van der Waals surface area contributed by atoms with E-state index in [1.54, 1.807) is 11.3 Å². The standard InChI is InChI=1S/C13H22N2S/c1-2-4-6-12(7-5-3-1)14-9-8-13-15-10-11-16-13/h10-12,14H,1-9H2. The highest BCUT2D eigenvalue weighted by molar-refractivity contribution is 7.09. The van der Waals surface area contributed by atoms with Gasteiger partial charge in [-0.2, -0.15) is 0 Å². The number of nitrogens with zero attached hydrogens (tertiary/aromatic N) is 1. The van der Waals surface area contributed by atoms with Gasteiger partial charge in [-0.3, -0.25) is 0 Å². The maximum atomic E-state index is 4.31. The van der Waals surface area contributed by atoms with Gasteiger partial charge in [-0.05, 0) is 12.8 Å². The van der Waals surface area contributed by atoms with Crippen molar-refractivity contribution in [3.05, 3.63) is 16.6 Å². The molecule has 90 valence electrons. The number of hydrogen-bond donors (Lipinski definition) is 1. The van der Waals surface area contributed by atoms with Crippen molar-refractivity contribution in [2.24, 2.45) is 0 Å². The second-order valence-corrected chi connectivity index (χ2v) is 5.65. The minimum atomic E-state index is 0.764. The molecule has 16 heavy (non-hydrogen) atoms. The van der Waals surface area contributed by atoms with Crippen LogP contribution >= 0.6 is 11.3 Å². The molecule has 0 bridgehead atoms. The van der Waals surface area contributed by atoms with Gasteiger partial charge in [-0.15, -0.1) is 11.3 Å². The molecule has 1 aromatic heterocycles. The molecule has 1 saturated carbocycles. The van der Waals surface area contributed by atoms with Crippen molar-refractivity contribution < 1.29 is 0 Å². The van der Waals surface area contributed by atoms with Gasteiger partial charge in [0.25, 0.3) is 0 Å². The third kappa shape index (κ3) is 4.22. The van der Waals surface area contributed by atoms with E-state index in [0.29, 0.717) is 0 Å². The fourth-order valence-electron chi connectivity index (χ4n) is 2.42. The molecule has 2 rings (SSSR count). The quantitative estimate of drug-likeness (QED) is 0.869. The molecule has 0 unspecified atom stereocenters. The second kappa shape index (κ2) is 7.02. The van der Waals surface area contributed by atoms with Crippen LogP contribution in [0.5, 0.6) is 0 Å². The van der Waals surface area contributed by atoms with Crippen molar-refractivity contribution >= 4 is 11.3 Å². The zero-order chi connectivity index (χ0) is 11.1. The lowest BCUT2D eigenvalue weighted by atomic mass is 9.97. The van der Waals surface area contributed by atoms with E-state index in [1.165, 1.54) is 50.0 Å². The van der Waals surface area contributed by atoms with E-state index in [-0.39, 0.29) is 0 Å². The normalized spacial score (nSPS) is 19.2. The lowest BCUT2D eigenvalue weighted by Gasteiger charge is -2.20. The summed E-state index contributed by atoms with van der Waals surface area (Å²) in [6.07, 6.45) is 12.9. The van der Waals surface area contributed by atoms with Crippen molar-refractivity contribution in [2.45, 2.75) is 57.4 Å². The molecule has 0 saturated heterocycles. The lowest BCUT2D eigenvalue weighted by molar-refractivity contribution is 0.392. The Labute approximate surface area is 102 Å². The van der Waals surface area contributed by atoms with Gasteiger partial charge in [0.05, 0.1) is 5.01 Å². The summed E-state index contributed by atoms with van der Waals surface area (Å²) < 4.78 is 0. The Morgan fingerprint density at radius 2 is 1.94 bits per heavy atom. The second-order valence-electron chi connectivity index (χ2n) is 4.67. The molecule has 1 aliphatic rings. The van der Waals surface area contributed by atoms with Crippen LogP contribution in [0.1, 0.15) is 50.0 Å². The summed E-state index contributed by atoms with van der Waals surface area (Å²) in [5.74, 6) is 0. The fourth-order valence-corrected chi connectivity index (χ4v) is 3.04. The van der Waals surface area contributed by atoms with Crippen LogP contribution in [-0.2, 0) is 6.42 Å². The zero-order valence-electron chi connectivity index (χ0n) is 9.95. The minimum absolute atomic E-state index is 0.764. The van der Waals surface area contributed by atoms with Crippen LogP contribution in [-0.4, -0.2) is 17.6 Å². The number of thiazole rings is 1. The van der Waals surface area contributed by atoms with Gasteiger partial charge in [0.2, 0.25) is 0 Å². The first-order valence-electron chi connectivity index (χ1n) is 6.57. The summed E-state index contributed by atoms with van der Waals surface area (Å²) in [4.78, 5) is 4.31. The van der Waals surface area contributed by atoms with Crippen molar-refractivity contribution in [2.75, 3.05) is 6.54 Å². The summed E-state index contributed by atoms with van der Waals surface area (Å²) in [5.41, 5.74) is 0. The molecule has 1 heterocycles. The van der Waals surface area contributed by atoms with Gasteiger partial charge >= 0.3 is 0 Å². The smallest absolute Gasteiger partial charge is 0.0937 e. The summed E-state index contributed by atoms with van der Waals surface area (Å²) in [7, 11) is 0. The van der Waals surface area contributed by atoms with Crippen molar-refractivity contribution in [1.29, 1.82) is 0 Å². The van der Waals surface area contributed by atoms with E-state index in [2.05, 4.69) is 15.7 Å². The molecule has 1 aliphatic carbocycles. The summed E-state index contributed by atoms with van der Waals surface area (Å²) >= 11 is 1.77. The highest BCUT2D eigenvalue weighted by atomic mass is 32.1. The molecule has 0 atom stereocenters. The molecule has 0 spiro atoms. The van der Waals surface area contributed by atoms with Crippen molar-refractivity contribution in [3.8, 4) is 0 Å². The first-order valence-corrected chi connectivity index (χ1v) is 7.45. The van der Waals surface area contributed by atoms with E-state index in [4.69, 9.17) is 0 Å². The topological polar surface area (TPSA) is 24.9 Å². The number of rotatable bonds is 4. The largest absolute Gasteiger partial charge is 0.314 e. The van der Waals surface area contributed by atoms with Crippen molar-refractivity contribution in [3.63, 3.8) is 0 Å². The summed E-state index contributed by atoms with van der Waals surface area (Å²) in [6.45, 7) is 1.10. The van der Waals surface area contributed by atoms with Crippen LogP contribution in [0.15, 0.2) is 11.6 Å². The van der Waals surface area contributed by atoms with Crippen molar-refractivity contribution in [1.82, 2.24) is 10.3 Å². The Bertz CT molecular complexity index is 263. The number of aromatic nitrogens is 1. The fraction of sp³-hybridized carbons (Fsp3) is 0.769. The molecule has 3 heteroatoms. The van der Waals surface area contributed by atoms with Crippen LogP contribution in [0.3, 0.4) is 0 Å². The predicted octanol–water partition coefficient (Wildman–Crippen LogP) is 3.39. The first kappa shape index (κ1) is 12.1. The molecule has 0 radical (unpaired) electrons. The molecule has 2 nitrogen and oxygen atoms in total. The van der Waals surface area contributed by atoms with Gasteiger partial charge in [-0.1, -0.05) is 32.1 Å². The molecule has 1 fully saturated rings. The average molecular weight is 238 g/mol. The van der Waals surface area contributed by atoms with Crippen LogP contribution in [0.2, 0.25) is 0 Å². The average Bonchev–Trinajstić information content (AvgIpc) is 2.73. The lowest BCUT2D eigenvalue weighted by Crippen LogP contribution is -2.31. The number of nitrogens with one attached hydrogen (secondary N) is 1. The van der Waals surface area contributed by atoms with E-state index in [9.17, 15) is 0 Å². The van der Waals surface area contributed by atoms with Crippen LogP contribution in [0, 0.1) is 0 Å². The van der Waals surface area contributed by atoms with Crippen LogP contribution in [0.4, 0.5) is 0 Å². The monoisotopic (exact) mass is 238 g/mol. The van der Waals surface area contributed by atoms with E-state index in [1.807, 2.05) is 6.20 Å². The molecule has 0 aromatic carbocycles. The van der Waals surface area contributed by atoms with E-state index in [0.717, 1.165) is 19.0 Å².